The molecule has 0 amide bonds. The minimum absolute atomic E-state index is 0. The van der Waals surface area contributed by atoms with Crippen molar-refractivity contribution >= 4 is 35.2 Å². The molecule has 72 heavy (non-hydrogen) atoms. The third kappa shape index (κ3) is 13.7. The second-order valence-corrected chi connectivity index (χ2v) is 27.2. The molecule has 6 heteroatoms. The van der Waals surface area contributed by atoms with Gasteiger partial charge in [0, 0.05) is 72.1 Å². The van der Waals surface area contributed by atoms with E-state index in [0.29, 0.717) is 10.8 Å². The van der Waals surface area contributed by atoms with Gasteiger partial charge in [-0.25, -0.2) is 0 Å². The Morgan fingerprint density at radius 2 is 1.01 bits per heavy atom. The molecule has 0 aliphatic heterocycles. The Labute approximate surface area is 443 Å². The molecule has 0 fully saturated rings. The minimum atomic E-state index is -1.36. The first-order valence-corrected chi connectivity index (χ1v) is 28.6. The fourth-order valence-corrected chi connectivity index (χ4v) is 10.9. The van der Waals surface area contributed by atoms with Crippen LogP contribution < -0.4 is 5.19 Å². The standard InChI is InChI=1S/C31H23NO.C19H27NSi.C16H19N.Ir/c1-21(22-10-4-2-5-11-22)24-18-19-32-28(20-24)26-15-8-16-27-30-25(23-12-6-3-7-13-23)14-9-17-29(30)33-31(26)27;1-19(2,3)13-16-12-17(15-10-8-7-9-11-15)20-14-18(16)21(4,5)6;1-16(2,3)12-13-9-10-17-15(11-13)14-7-5-4-6-8-14;/h2-21H,1H3;7-12,14H,13H2,1-6H3;4-11H,12H2,1-3H3;. The van der Waals surface area contributed by atoms with Gasteiger partial charge < -0.3 is 4.42 Å². The molecule has 6 aromatic carbocycles. The van der Waals surface area contributed by atoms with Gasteiger partial charge in [-0.2, -0.15) is 0 Å². The zero-order chi connectivity index (χ0) is 50.2. The molecule has 0 aliphatic carbocycles. The SMILES string of the molecule is CC(C)(C)Cc1cc(-c2ccccc2)ncc1[Si](C)(C)C.CC(C)(C)Cc1ccnc(-c2ccccc2)c1.CC(c1ccccc1)c1ccnc(-c2cccc3c2oc2cccc(-c4ccccc4)c23)c1.[Ir]. The van der Waals surface area contributed by atoms with Crippen LogP contribution in [0.5, 0.6) is 0 Å². The van der Waals surface area contributed by atoms with Crippen LogP contribution in [0.4, 0.5) is 0 Å². The number of pyridine rings is 3. The van der Waals surface area contributed by atoms with Gasteiger partial charge in [0.2, 0.25) is 0 Å². The van der Waals surface area contributed by atoms with Crippen molar-refractivity contribution in [3.8, 4) is 44.9 Å². The Balaban J connectivity index is 0.000000169. The van der Waals surface area contributed by atoms with Crippen molar-refractivity contribution in [1.82, 2.24) is 15.0 Å². The summed E-state index contributed by atoms with van der Waals surface area (Å²) >= 11 is 0. The summed E-state index contributed by atoms with van der Waals surface area (Å²) < 4.78 is 6.45. The zero-order valence-corrected chi connectivity index (χ0v) is 47.1. The molecule has 0 N–H and O–H groups in total. The summed E-state index contributed by atoms with van der Waals surface area (Å²) in [5.41, 5.74) is 16.6. The molecule has 1 radical (unpaired) electrons. The van der Waals surface area contributed by atoms with Crippen LogP contribution in [-0.2, 0) is 32.9 Å². The number of furan rings is 1. The van der Waals surface area contributed by atoms with Gasteiger partial charge in [0.15, 0.2) is 0 Å². The van der Waals surface area contributed by atoms with E-state index in [9.17, 15) is 0 Å². The van der Waals surface area contributed by atoms with Crippen molar-refractivity contribution in [2.75, 3.05) is 0 Å². The molecular formula is C66H69IrN3OSi. The molecule has 4 nitrogen and oxygen atoms in total. The summed E-state index contributed by atoms with van der Waals surface area (Å²) in [7, 11) is -1.36. The fraction of sp³-hybridized carbons (Fsp3) is 0.227. The Morgan fingerprint density at radius 1 is 0.486 bits per heavy atom. The molecule has 10 rings (SSSR count). The number of hydrogen-bond donors (Lipinski definition) is 0. The van der Waals surface area contributed by atoms with Gasteiger partial charge in [0.05, 0.1) is 25.2 Å². The van der Waals surface area contributed by atoms with Crippen LogP contribution in [-0.4, -0.2) is 23.0 Å². The summed E-state index contributed by atoms with van der Waals surface area (Å²) in [6, 6.07) is 65.4. The van der Waals surface area contributed by atoms with Crippen LogP contribution in [0.1, 0.15) is 76.6 Å². The summed E-state index contributed by atoms with van der Waals surface area (Å²) in [6.45, 7) is 23.1. The van der Waals surface area contributed by atoms with E-state index in [1.165, 1.54) is 49.7 Å². The first-order valence-electron chi connectivity index (χ1n) is 25.1. The zero-order valence-electron chi connectivity index (χ0n) is 43.7. The molecule has 0 saturated carbocycles. The molecular weight excluding hydrogens is 1070 g/mol. The number of nitrogens with zero attached hydrogens (tertiary/aromatic N) is 3. The Hall–Kier alpha value is -6.56. The van der Waals surface area contributed by atoms with E-state index in [1.54, 1.807) is 0 Å². The second-order valence-electron chi connectivity index (χ2n) is 22.2. The molecule has 4 heterocycles. The number of fused-ring (bicyclic) bond motifs is 3. The predicted octanol–water partition coefficient (Wildman–Crippen LogP) is 17.7. The average Bonchev–Trinajstić information content (AvgIpc) is 3.76. The van der Waals surface area contributed by atoms with E-state index in [2.05, 4.69) is 237 Å². The van der Waals surface area contributed by atoms with E-state index in [1.807, 2.05) is 42.7 Å². The quantitative estimate of drug-likeness (QED) is 0.135. The van der Waals surface area contributed by atoms with Crippen LogP contribution in [0, 0.1) is 10.8 Å². The van der Waals surface area contributed by atoms with Gasteiger partial charge in [-0.05, 0) is 105 Å². The third-order valence-corrected chi connectivity index (χ3v) is 14.7. The van der Waals surface area contributed by atoms with Crippen molar-refractivity contribution in [2.24, 2.45) is 10.8 Å². The molecule has 367 valence electrons. The van der Waals surface area contributed by atoms with E-state index in [4.69, 9.17) is 14.4 Å². The molecule has 0 saturated heterocycles. The van der Waals surface area contributed by atoms with Crippen LogP contribution >= 0.6 is 0 Å². The van der Waals surface area contributed by atoms with E-state index < -0.39 is 8.07 Å². The van der Waals surface area contributed by atoms with Gasteiger partial charge in [-0.15, -0.1) is 0 Å². The summed E-state index contributed by atoms with van der Waals surface area (Å²) in [6.07, 6.45) is 8.13. The first-order chi connectivity index (χ1) is 34.0. The van der Waals surface area contributed by atoms with Gasteiger partial charge >= 0.3 is 0 Å². The number of hydrogen-bond acceptors (Lipinski definition) is 4. The Bertz CT molecular complexity index is 3320. The largest absolute Gasteiger partial charge is 0.455 e. The Morgan fingerprint density at radius 3 is 1.61 bits per heavy atom. The maximum Gasteiger partial charge on any atom is 0.144 e. The molecule has 10 aromatic rings. The van der Waals surface area contributed by atoms with E-state index in [-0.39, 0.29) is 26.0 Å². The maximum absolute atomic E-state index is 6.45. The summed E-state index contributed by atoms with van der Waals surface area (Å²) in [5.74, 6) is 0.285. The number of rotatable bonds is 9. The van der Waals surface area contributed by atoms with E-state index in [0.717, 1.165) is 57.4 Å². The summed E-state index contributed by atoms with van der Waals surface area (Å²) in [4.78, 5) is 13.9. The maximum atomic E-state index is 6.45. The molecule has 1 atom stereocenters. The van der Waals surface area contributed by atoms with Crippen LogP contribution in [0.2, 0.25) is 19.6 Å². The second kappa shape index (κ2) is 23.3. The summed E-state index contributed by atoms with van der Waals surface area (Å²) in [5, 5.41) is 3.76. The van der Waals surface area contributed by atoms with E-state index >= 15 is 0 Å². The van der Waals surface area contributed by atoms with Gasteiger partial charge in [-0.3, -0.25) is 15.0 Å². The van der Waals surface area contributed by atoms with Gasteiger partial charge in [0.1, 0.15) is 11.2 Å². The van der Waals surface area contributed by atoms with Crippen molar-refractivity contribution in [3.05, 3.63) is 229 Å². The first kappa shape index (κ1) is 53.2. The van der Waals surface area contributed by atoms with Crippen molar-refractivity contribution in [3.63, 3.8) is 0 Å². The molecule has 1 unspecified atom stereocenters. The molecule has 4 aromatic heterocycles. The average molecular weight is 1140 g/mol. The van der Waals surface area contributed by atoms with Crippen LogP contribution in [0.25, 0.3) is 66.8 Å². The van der Waals surface area contributed by atoms with Gasteiger partial charge in [-0.1, -0.05) is 214 Å². The number of para-hydroxylation sites is 1. The third-order valence-electron chi connectivity index (χ3n) is 12.7. The number of aromatic nitrogens is 3. The predicted molar refractivity (Wildman–Crippen MR) is 305 cm³/mol. The minimum Gasteiger partial charge on any atom is -0.455 e. The Kier molecular flexibility index (Phi) is 17.2. The van der Waals surface area contributed by atoms with Crippen LogP contribution in [0.15, 0.2) is 211 Å². The smallest absolute Gasteiger partial charge is 0.144 e. The van der Waals surface area contributed by atoms with Crippen molar-refractivity contribution in [2.45, 2.75) is 86.9 Å². The number of benzene rings is 6. The molecule has 0 spiro atoms. The normalized spacial score (nSPS) is 12.0. The molecule has 0 bridgehead atoms. The topological polar surface area (TPSA) is 51.8 Å². The molecule has 0 aliphatic rings. The van der Waals surface area contributed by atoms with Crippen molar-refractivity contribution < 1.29 is 24.5 Å². The van der Waals surface area contributed by atoms with Gasteiger partial charge in [0.25, 0.3) is 0 Å². The van der Waals surface area contributed by atoms with Crippen molar-refractivity contribution in [1.29, 1.82) is 0 Å². The van der Waals surface area contributed by atoms with Crippen LogP contribution in [0.3, 0.4) is 0 Å². The fourth-order valence-electron chi connectivity index (χ4n) is 9.33. The monoisotopic (exact) mass is 1140 g/mol.